The Hall–Kier alpha value is -1.83. The number of rotatable bonds is 5. The molecule has 1 atom stereocenters. The van der Waals surface area contributed by atoms with E-state index in [4.69, 9.17) is 0 Å². The summed E-state index contributed by atoms with van der Waals surface area (Å²) in [5.41, 5.74) is 1.92. The molecule has 1 amide bonds. The first-order valence-corrected chi connectivity index (χ1v) is 8.93. The zero-order chi connectivity index (χ0) is 16.4. The van der Waals surface area contributed by atoms with Crippen molar-refractivity contribution in [3.63, 3.8) is 0 Å². The Balaban J connectivity index is 1.80. The Bertz CT molecular complexity index is 824. The highest BCUT2D eigenvalue weighted by Gasteiger charge is 2.20. The summed E-state index contributed by atoms with van der Waals surface area (Å²) < 4.78 is 5.08. The average Bonchev–Trinajstić information content (AvgIpc) is 3.14. The highest BCUT2D eigenvalue weighted by molar-refractivity contribution is 7.17. The third-order valence-corrected chi connectivity index (χ3v) is 5.62. The Labute approximate surface area is 143 Å². The average molecular weight is 346 g/mol. The first-order valence-electron chi connectivity index (χ1n) is 7.27. The third kappa shape index (κ3) is 3.26. The summed E-state index contributed by atoms with van der Waals surface area (Å²) in [5, 5.41) is 10.3. The third-order valence-electron chi connectivity index (χ3n) is 3.81. The summed E-state index contributed by atoms with van der Waals surface area (Å²) >= 11 is 2.87. The Morgan fingerprint density at radius 3 is 2.83 bits per heavy atom. The topological polar surface area (TPSA) is 58.1 Å². The van der Waals surface area contributed by atoms with Crippen molar-refractivity contribution < 1.29 is 4.79 Å². The number of fused-ring (bicyclic) bond motifs is 1. The van der Waals surface area contributed by atoms with Crippen molar-refractivity contribution in [1.29, 1.82) is 0 Å². The number of thiophene rings is 1. The van der Waals surface area contributed by atoms with Gasteiger partial charge in [0, 0.05) is 11.2 Å². The van der Waals surface area contributed by atoms with E-state index in [1.807, 2.05) is 14.1 Å². The van der Waals surface area contributed by atoms with E-state index in [0.717, 1.165) is 11.5 Å². The van der Waals surface area contributed by atoms with Gasteiger partial charge in [-0.1, -0.05) is 22.7 Å². The van der Waals surface area contributed by atoms with E-state index in [0.29, 0.717) is 17.1 Å². The summed E-state index contributed by atoms with van der Waals surface area (Å²) in [7, 11) is 4.06. The second-order valence-corrected chi connectivity index (χ2v) is 7.23. The first-order chi connectivity index (χ1) is 11.1. The quantitative estimate of drug-likeness (QED) is 0.771. The van der Waals surface area contributed by atoms with Crippen molar-refractivity contribution in [3.05, 3.63) is 45.8 Å². The van der Waals surface area contributed by atoms with Gasteiger partial charge in [0.25, 0.3) is 5.91 Å². The monoisotopic (exact) mass is 346 g/mol. The van der Waals surface area contributed by atoms with Gasteiger partial charge >= 0.3 is 0 Å². The number of amides is 1. The lowest BCUT2D eigenvalue weighted by Crippen LogP contribution is -2.34. The number of nitrogens with zero attached hydrogens (tertiary/aromatic N) is 3. The number of aromatic nitrogens is 2. The fraction of sp³-hybridized carbons (Fsp3) is 0.312. The Kier molecular flexibility index (Phi) is 4.70. The van der Waals surface area contributed by atoms with Crippen LogP contribution in [0.15, 0.2) is 29.6 Å². The van der Waals surface area contributed by atoms with Gasteiger partial charge in [0.15, 0.2) is 0 Å². The molecule has 0 aliphatic rings. The molecule has 3 rings (SSSR count). The number of likely N-dealkylation sites (N-methyl/N-ethyl adjacent to an activating group) is 1. The van der Waals surface area contributed by atoms with E-state index < -0.39 is 0 Å². The van der Waals surface area contributed by atoms with Gasteiger partial charge in [-0.3, -0.25) is 4.79 Å². The van der Waals surface area contributed by atoms with Gasteiger partial charge in [0.1, 0.15) is 4.88 Å². The van der Waals surface area contributed by atoms with E-state index in [1.54, 1.807) is 18.3 Å². The van der Waals surface area contributed by atoms with Crippen molar-refractivity contribution in [2.24, 2.45) is 0 Å². The molecule has 0 aliphatic heterocycles. The van der Waals surface area contributed by atoms with Gasteiger partial charge in [0.2, 0.25) is 0 Å². The molecule has 0 radical (unpaired) electrons. The summed E-state index contributed by atoms with van der Waals surface area (Å²) in [6, 6.07) is 8.49. The van der Waals surface area contributed by atoms with Crippen LogP contribution in [-0.2, 0) is 0 Å². The molecule has 2 aromatic heterocycles. The van der Waals surface area contributed by atoms with Crippen LogP contribution >= 0.6 is 22.9 Å². The predicted octanol–water partition coefficient (Wildman–Crippen LogP) is 3.09. The molecule has 1 aromatic carbocycles. The Morgan fingerprint density at radius 2 is 2.13 bits per heavy atom. The molecule has 5 nitrogen and oxygen atoms in total. The molecule has 120 valence electrons. The molecular formula is C16H18N4OS2. The second-order valence-electron chi connectivity index (χ2n) is 5.56. The lowest BCUT2D eigenvalue weighted by molar-refractivity contribution is 0.0945. The molecule has 0 bridgehead atoms. The molecule has 0 fully saturated rings. The smallest absolute Gasteiger partial charge is 0.265 e. The highest BCUT2D eigenvalue weighted by atomic mass is 32.1. The summed E-state index contributed by atoms with van der Waals surface area (Å²) in [6.45, 7) is 2.35. The number of carbonyl (C=O) groups excluding carboxylic acids is 1. The maximum atomic E-state index is 12.3. The van der Waals surface area contributed by atoms with Crippen LogP contribution < -0.4 is 5.32 Å². The molecule has 23 heavy (non-hydrogen) atoms. The first kappa shape index (κ1) is 16.0. The molecule has 1 N–H and O–H groups in total. The van der Waals surface area contributed by atoms with Crippen LogP contribution in [0.5, 0.6) is 0 Å². The maximum Gasteiger partial charge on any atom is 0.265 e. The summed E-state index contributed by atoms with van der Waals surface area (Å²) in [5.74, 6) is -0.108. The fourth-order valence-corrected chi connectivity index (χ4v) is 4.12. The lowest BCUT2D eigenvalue weighted by atomic mass is 10.0. The number of aryl methyl sites for hydroxylation is 1. The molecule has 7 heteroatoms. The molecule has 0 unspecified atom stereocenters. The minimum Gasteiger partial charge on any atom is -0.349 e. The SMILES string of the molecule is Cc1nnsc1C(=O)NC[C@H](c1csc2ccccc12)N(C)C. The van der Waals surface area contributed by atoms with Crippen molar-refractivity contribution in [2.45, 2.75) is 13.0 Å². The van der Waals surface area contributed by atoms with Gasteiger partial charge in [-0.05, 0) is 54.9 Å². The fourth-order valence-electron chi connectivity index (χ4n) is 2.54. The number of benzene rings is 1. The second kappa shape index (κ2) is 6.74. The van der Waals surface area contributed by atoms with Crippen LogP contribution in [0.1, 0.15) is 27.0 Å². The predicted molar refractivity (Wildman–Crippen MR) is 95.2 cm³/mol. The number of nitrogens with one attached hydrogen (secondary N) is 1. The van der Waals surface area contributed by atoms with Gasteiger partial charge in [-0.2, -0.15) is 0 Å². The minimum absolute atomic E-state index is 0.108. The number of hydrogen-bond donors (Lipinski definition) is 1. The van der Waals surface area contributed by atoms with Gasteiger partial charge in [0.05, 0.1) is 11.7 Å². The molecule has 0 saturated heterocycles. The van der Waals surface area contributed by atoms with Crippen LogP contribution in [-0.4, -0.2) is 41.0 Å². The molecule has 3 aromatic rings. The molecule has 0 aliphatic carbocycles. The van der Waals surface area contributed by atoms with Crippen molar-refractivity contribution in [2.75, 3.05) is 20.6 Å². The number of hydrogen-bond acceptors (Lipinski definition) is 6. The van der Waals surface area contributed by atoms with Crippen molar-refractivity contribution in [3.8, 4) is 0 Å². The minimum atomic E-state index is -0.108. The lowest BCUT2D eigenvalue weighted by Gasteiger charge is -2.24. The van der Waals surface area contributed by atoms with Gasteiger partial charge in [-0.15, -0.1) is 16.4 Å². The normalized spacial score (nSPS) is 12.7. The van der Waals surface area contributed by atoms with Gasteiger partial charge in [-0.25, -0.2) is 0 Å². The summed E-state index contributed by atoms with van der Waals surface area (Å²) in [6.07, 6.45) is 0. The maximum absolute atomic E-state index is 12.3. The van der Waals surface area contributed by atoms with Crippen LogP contribution in [0.3, 0.4) is 0 Å². The van der Waals surface area contributed by atoms with E-state index in [-0.39, 0.29) is 11.9 Å². The van der Waals surface area contributed by atoms with E-state index >= 15 is 0 Å². The highest BCUT2D eigenvalue weighted by Crippen LogP contribution is 2.32. The standard InChI is InChI=1S/C16H18N4OS2/c1-10-15(23-19-18-10)16(21)17-8-13(20(2)3)12-9-22-14-7-5-4-6-11(12)14/h4-7,9,13H,8H2,1-3H3,(H,17,21)/t13-/m1/s1. The van der Waals surface area contributed by atoms with Gasteiger partial charge < -0.3 is 10.2 Å². The van der Waals surface area contributed by atoms with Crippen molar-refractivity contribution >= 4 is 38.9 Å². The van der Waals surface area contributed by atoms with E-state index in [2.05, 4.69) is 49.4 Å². The van der Waals surface area contributed by atoms with E-state index in [9.17, 15) is 4.79 Å². The van der Waals surface area contributed by atoms with Crippen molar-refractivity contribution in [1.82, 2.24) is 19.8 Å². The van der Waals surface area contributed by atoms with E-state index in [1.165, 1.54) is 15.6 Å². The zero-order valence-electron chi connectivity index (χ0n) is 13.2. The number of carbonyl (C=O) groups is 1. The van der Waals surface area contributed by atoms with Crippen LogP contribution in [0.4, 0.5) is 0 Å². The zero-order valence-corrected chi connectivity index (χ0v) is 14.9. The van der Waals surface area contributed by atoms with Crippen LogP contribution in [0, 0.1) is 6.92 Å². The Morgan fingerprint density at radius 1 is 1.35 bits per heavy atom. The molecular weight excluding hydrogens is 328 g/mol. The molecule has 0 saturated carbocycles. The van der Waals surface area contributed by atoms with Crippen LogP contribution in [0.2, 0.25) is 0 Å². The van der Waals surface area contributed by atoms with Crippen LogP contribution in [0.25, 0.3) is 10.1 Å². The molecule has 0 spiro atoms. The largest absolute Gasteiger partial charge is 0.349 e. The molecule has 2 heterocycles. The summed E-state index contributed by atoms with van der Waals surface area (Å²) in [4.78, 5) is 15.0.